The average molecular weight is 353 g/mol. The molecule has 0 aliphatic rings. The summed E-state index contributed by atoms with van der Waals surface area (Å²) in [6.45, 7) is 2.82. The molecule has 0 aromatic heterocycles. The molecule has 0 heterocycles. The molecule has 1 N–H and O–H groups in total. The summed E-state index contributed by atoms with van der Waals surface area (Å²) >= 11 is 0. The van der Waals surface area contributed by atoms with E-state index in [4.69, 9.17) is 10.00 Å². The molecule has 0 aliphatic heterocycles. The van der Waals surface area contributed by atoms with E-state index in [0.717, 1.165) is 0 Å². The lowest BCUT2D eigenvalue weighted by atomic mass is 10.1. The van der Waals surface area contributed by atoms with Crippen LogP contribution in [0.3, 0.4) is 0 Å². The fourth-order valence-electron chi connectivity index (χ4n) is 2.23. The smallest absolute Gasteiger partial charge is 0.339 e. The standard InChI is InChI=1S/C18H15N3O5/c1-11-15(7-4-8-16(11)21(24)25)18(23)26-12(2)17(22)20-14-6-3-5-13(9-14)10-19/h3-9,12H,1-2H3,(H,20,22)/t12-/m0/s1. The van der Waals surface area contributed by atoms with E-state index in [0.29, 0.717) is 11.3 Å². The van der Waals surface area contributed by atoms with Crippen LogP contribution in [0, 0.1) is 28.4 Å². The number of nitro groups is 1. The van der Waals surface area contributed by atoms with Gasteiger partial charge in [0.2, 0.25) is 0 Å². The summed E-state index contributed by atoms with van der Waals surface area (Å²) < 4.78 is 5.10. The number of benzene rings is 2. The van der Waals surface area contributed by atoms with Gasteiger partial charge < -0.3 is 10.1 Å². The van der Waals surface area contributed by atoms with E-state index >= 15 is 0 Å². The number of anilines is 1. The van der Waals surface area contributed by atoms with Crippen LogP contribution >= 0.6 is 0 Å². The van der Waals surface area contributed by atoms with Crippen LogP contribution in [0.4, 0.5) is 11.4 Å². The normalized spacial score (nSPS) is 11.1. The number of esters is 1. The molecule has 26 heavy (non-hydrogen) atoms. The van der Waals surface area contributed by atoms with Gasteiger partial charge in [-0.1, -0.05) is 12.1 Å². The van der Waals surface area contributed by atoms with Gasteiger partial charge in [0, 0.05) is 17.3 Å². The molecule has 1 atom stereocenters. The van der Waals surface area contributed by atoms with Crippen LogP contribution in [0.5, 0.6) is 0 Å². The molecule has 1 amide bonds. The quantitative estimate of drug-likeness (QED) is 0.501. The van der Waals surface area contributed by atoms with E-state index in [-0.39, 0.29) is 16.8 Å². The number of hydrogen-bond donors (Lipinski definition) is 1. The Labute approximate surface area is 149 Å². The minimum absolute atomic E-state index is 0.0188. The molecular formula is C18H15N3O5. The zero-order chi connectivity index (χ0) is 19.3. The van der Waals surface area contributed by atoms with Crippen molar-refractivity contribution < 1.29 is 19.2 Å². The largest absolute Gasteiger partial charge is 0.449 e. The summed E-state index contributed by atoms with van der Waals surface area (Å²) in [5.41, 5.74) is 0.746. The van der Waals surface area contributed by atoms with Crippen molar-refractivity contribution >= 4 is 23.3 Å². The van der Waals surface area contributed by atoms with Crippen molar-refractivity contribution in [2.45, 2.75) is 20.0 Å². The molecule has 8 heteroatoms. The molecule has 0 fully saturated rings. The van der Waals surface area contributed by atoms with Gasteiger partial charge in [-0.3, -0.25) is 14.9 Å². The monoisotopic (exact) mass is 353 g/mol. The summed E-state index contributed by atoms with van der Waals surface area (Å²) in [5.74, 6) is -1.42. The van der Waals surface area contributed by atoms with E-state index in [1.165, 1.54) is 38.1 Å². The molecule has 0 spiro atoms. The Kier molecular flexibility index (Phi) is 5.65. The van der Waals surface area contributed by atoms with Crippen molar-refractivity contribution in [2.24, 2.45) is 0 Å². The van der Waals surface area contributed by atoms with E-state index < -0.39 is 22.9 Å². The maximum Gasteiger partial charge on any atom is 0.339 e. The van der Waals surface area contributed by atoms with E-state index in [1.54, 1.807) is 18.2 Å². The molecule has 2 rings (SSSR count). The maximum atomic E-state index is 12.2. The highest BCUT2D eigenvalue weighted by Crippen LogP contribution is 2.22. The average Bonchev–Trinajstić information content (AvgIpc) is 2.61. The number of amides is 1. The van der Waals surface area contributed by atoms with Gasteiger partial charge in [-0.05, 0) is 38.1 Å². The molecular weight excluding hydrogens is 338 g/mol. The second-order valence-electron chi connectivity index (χ2n) is 5.44. The van der Waals surface area contributed by atoms with Crippen LogP contribution in [0.2, 0.25) is 0 Å². The van der Waals surface area contributed by atoms with Gasteiger partial charge >= 0.3 is 5.97 Å². The summed E-state index contributed by atoms with van der Waals surface area (Å²) in [5, 5.41) is 22.3. The van der Waals surface area contributed by atoms with Crippen LogP contribution in [0.1, 0.15) is 28.4 Å². The molecule has 2 aromatic rings. The maximum absolute atomic E-state index is 12.2. The molecule has 0 saturated carbocycles. The number of nitrogens with one attached hydrogen (secondary N) is 1. The first kappa shape index (κ1) is 18.6. The highest BCUT2D eigenvalue weighted by molar-refractivity contribution is 5.98. The van der Waals surface area contributed by atoms with Gasteiger partial charge in [-0.2, -0.15) is 5.26 Å². The van der Waals surface area contributed by atoms with Crippen molar-refractivity contribution in [1.82, 2.24) is 0 Å². The Morgan fingerprint density at radius 3 is 2.62 bits per heavy atom. The molecule has 0 saturated heterocycles. The van der Waals surface area contributed by atoms with Gasteiger partial charge in [-0.15, -0.1) is 0 Å². The number of rotatable bonds is 5. The van der Waals surface area contributed by atoms with Gasteiger partial charge in [0.15, 0.2) is 6.10 Å². The Morgan fingerprint density at radius 1 is 1.27 bits per heavy atom. The summed E-state index contributed by atoms with van der Waals surface area (Å²) in [7, 11) is 0. The fourth-order valence-corrected chi connectivity index (χ4v) is 2.23. The number of carbonyl (C=O) groups is 2. The highest BCUT2D eigenvalue weighted by Gasteiger charge is 2.23. The summed E-state index contributed by atoms with van der Waals surface area (Å²) in [6, 6.07) is 12.3. The Hall–Kier alpha value is -3.73. The second kappa shape index (κ2) is 7.90. The van der Waals surface area contributed by atoms with Crippen molar-refractivity contribution in [1.29, 1.82) is 5.26 Å². The molecule has 2 aromatic carbocycles. The second-order valence-corrected chi connectivity index (χ2v) is 5.44. The van der Waals surface area contributed by atoms with E-state index in [9.17, 15) is 19.7 Å². The van der Waals surface area contributed by atoms with Crippen molar-refractivity contribution in [2.75, 3.05) is 5.32 Å². The van der Waals surface area contributed by atoms with Gasteiger partial charge in [-0.25, -0.2) is 4.79 Å². The third-order valence-corrected chi connectivity index (χ3v) is 3.63. The van der Waals surface area contributed by atoms with E-state index in [1.807, 2.05) is 6.07 Å². The van der Waals surface area contributed by atoms with E-state index in [2.05, 4.69) is 5.32 Å². The number of nitriles is 1. The number of carbonyl (C=O) groups excluding carboxylic acids is 2. The van der Waals surface area contributed by atoms with Gasteiger partial charge in [0.1, 0.15) is 0 Å². The van der Waals surface area contributed by atoms with Crippen LogP contribution in [0.25, 0.3) is 0 Å². The summed E-state index contributed by atoms with van der Waals surface area (Å²) in [4.78, 5) is 34.8. The zero-order valence-electron chi connectivity index (χ0n) is 14.1. The predicted octanol–water partition coefficient (Wildman–Crippen LogP) is 2.96. The first-order chi connectivity index (χ1) is 12.3. The van der Waals surface area contributed by atoms with Crippen molar-refractivity contribution in [3.05, 3.63) is 69.3 Å². The number of hydrogen-bond acceptors (Lipinski definition) is 6. The Balaban J connectivity index is 2.09. The van der Waals surface area contributed by atoms with Crippen molar-refractivity contribution in [3.8, 4) is 6.07 Å². The molecule has 8 nitrogen and oxygen atoms in total. The van der Waals surface area contributed by atoms with Crippen LogP contribution < -0.4 is 5.32 Å². The topological polar surface area (TPSA) is 122 Å². The molecule has 0 bridgehead atoms. The van der Waals surface area contributed by atoms with Crippen molar-refractivity contribution in [3.63, 3.8) is 0 Å². The minimum atomic E-state index is -1.13. The lowest BCUT2D eigenvalue weighted by molar-refractivity contribution is -0.385. The van der Waals surface area contributed by atoms with Gasteiger partial charge in [0.25, 0.3) is 11.6 Å². The summed E-state index contributed by atoms with van der Waals surface area (Å²) in [6.07, 6.45) is -1.13. The molecule has 0 aliphatic carbocycles. The number of ether oxygens (including phenoxy) is 1. The number of nitrogens with zero attached hydrogens (tertiary/aromatic N) is 2. The van der Waals surface area contributed by atoms with Gasteiger partial charge in [0.05, 0.1) is 22.1 Å². The Bertz CT molecular complexity index is 917. The zero-order valence-corrected chi connectivity index (χ0v) is 14.1. The molecule has 132 valence electrons. The fraction of sp³-hybridized carbons (Fsp3) is 0.167. The first-order valence-corrected chi connectivity index (χ1v) is 7.59. The molecule has 0 unspecified atom stereocenters. The minimum Gasteiger partial charge on any atom is -0.449 e. The third-order valence-electron chi connectivity index (χ3n) is 3.63. The van der Waals surface area contributed by atoms with Crippen LogP contribution in [-0.2, 0) is 9.53 Å². The highest BCUT2D eigenvalue weighted by atomic mass is 16.6. The van der Waals surface area contributed by atoms with Crippen LogP contribution in [-0.4, -0.2) is 22.9 Å². The molecule has 0 radical (unpaired) electrons. The predicted molar refractivity (Wildman–Crippen MR) is 92.5 cm³/mol. The lowest BCUT2D eigenvalue weighted by Gasteiger charge is -2.14. The Morgan fingerprint density at radius 2 is 1.96 bits per heavy atom. The number of nitro benzene ring substituents is 1. The first-order valence-electron chi connectivity index (χ1n) is 7.59. The third kappa shape index (κ3) is 4.21. The lowest BCUT2D eigenvalue weighted by Crippen LogP contribution is -2.30. The van der Waals surface area contributed by atoms with Crippen LogP contribution in [0.15, 0.2) is 42.5 Å². The SMILES string of the molecule is Cc1c(C(=O)O[C@@H](C)C(=O)Nc2cccc(C#N)c2)cccc1[N+](=O)[O-].